The van der Waals surface area contributed by atoms with E-state index in [1.807, 2.05) is 10.4 Å². The normalized spacial score (nSPS) is 10.5. The number of nitrogens with one attached hydrogen (secondary N) is 4. The third kappa shape index (κ3) is 2.80. The van der Waals surface area contributed by atoms with Crippen molar-refractivity contribution in [1.29, 1.82) is 0 Å². The van der Waals surface area contributed by atoms with Crippen LogP contribution in [0.25, 0.3) is 4.95 Å². The topological polar surface area (TPSA) is 193 Å². The standard InChI is InChI=1S/C9H6N8O5/c1-10-17-8-11-4(18)2(5(19)12-8)15-16-3-6(20)13-9(22)14-7(3)21/h(H3,11,12,17,18,19)(H3,13,14,20,21,22). The molecule has 2 aromatic heterocycles. The molecule has 0 saturated heterocycles. The second-order valence-electron chi connectivity index (χ2n) is 3.62. The maximum atomic E-state index is 11.6. The maximum absolute atomic E-state index is 11.6. The number of aromatic hydroxyl groups is 2. The molecule has 6 N–H and O–H groups in total. The molecular formula is C9H6N8O5. The third-order valence-electron chi connectivity index (χ3n) is 2.19. The van der Waals surface area contributed by atoms with Crippen LogP contribution in [0.4, 0.5) is 17.3 Å². The summed E-state index contributed by atoms with van der Waals surface area (Å²) in [4.78, 5) is 45.7. The maximum Gasteiger partial charge on any atom is 0.328 e. The van der Waals surface area contributed by atoms with Gasteiger partial charge in [-0.1, -0.05) is 5.43 Å². The van der Waals surface area contributed by atoms with Gasteiger partial charge in [0, 0.05) is 0 Å². The molecule has 0 saturated carbocycles. The van der Waals surface area contributed by atoms with Crippen LogP contribution in [0.3, 0.4) is 0 Å². The SMILES string of the molecule is [C-]#[N+]Nc1nc(O)c(N=Nc2c(O)[nH]c(=O)[nH]c2=O)c(=O)[nH]1. The van der Waals surface area contributed by atoms with E-state index in [-0.39, 0.29) is 5.95 Å². The average molecular weight is 306 g/mol. The largest absolute Gasteiger partial charge is 0.493 e. The fourth-order valence-corrected chi connectivity index (χ4v) is 1.31. The van der Waals surface area contributed by atoms with Crippen LogP contribution in [0.5, 0.6) is 11.8 Å². The van der Waals surface area contributed by atoms with Gasteiger partial charge in [0.2, 0.25) is 23.1 Å². The highest BCUT2D eigenvalue weighted by Gasteiger charge is 2.13. The van der Waals surface area contributed by atoms with Gasteiger partial charge >= 0.3 is 5.69 Å². The number of anilines is 1. The first kappa shape index (κ1) is 14.5. The van der Waals surface area contributed by atoms with Crippen LogP contribution in [0.1, 0.15) is 0 Å². The van der Waals surface area contributed by atoms with Gasteiger partial charge in [0.05, 0.1) is 0 Å². The number of rotatable bonds is 3. The van der Waals surface area contributed by atoms with Crippen molar-refractivity contribution in [2.24, 2.45) is 10.2 Å². The molecule has 0 aromatic carbocycles. The number of hydrogen-bond acceptors (Lipinski definition) is 9. The van der Waals surface area contributed by atoms with Crippen LogP contribution in [-0.2, 0) is 0 Å². The van der Waals surface area contributed by atoms with E-state index in [2.05, 4.69) is 25.2 Å². The molecular weight excluding hydrogens is 300 g/mol. The Labute approximate surface area is 118 Å². The minimum absolute atomic E-state index is 0.318. The number of aromatic nitrogens is 4. The van der Waals surface area contributed by atoms with Crippen LogP contribution < -0.4 is 22.2 Å². The summed E-state index contributed by atoms with van der Waals surface area (Å²) in [5.41, 5.74) is -2.34. The Bertz CT molecular complexity index is 962. The van der Waals surface area contributed by atoms with Gasteiger partial charge in [-0.3, -0.25) is 24.5 Å². The van der Waals surface area contributed by atoms with Crippen molar-refractivity contribution in [2.45, 2.75) is 0 Å². The minimum atomic E-state index is -1.06. The summed E-state index contributed by atoms with van der Waals surface area (Å²) in [7, 11) is 0. The Hall–Kier alpha value is -3.95. The van der Waals surface area contributed by atoms with Gasteiger partial charge in [-0.15, -0.1) is 10.2 Å². The first-order valence-electron chi connectivity index (χ1n) is 5.35. The summed E-state index contributed by atoms with van der Waals surface area (Å²) in [6.07, 6.45) is 0. The van der Waals surface area contributed by atoms with Crippen molar-refractivity contribution in [3.63, 3.8) is 0 Å². The van der Waals surface area contributed by atoms with E-state index >= 15 is 0 Å². The number of aromatic amines is 3. The molecule has 112 valence electrons. The number of hydrogen-bond donors (Lipinski definition) is 6. The molecule has 0 bridgehead atoms. The monoisotopic (exact) mass is 306 g/mol. The molecule has 0 radical (unpaired) electrons. The molecule has 2 rings (SSSR count). The van der Waals surface area contributed by atoms with E-state index in [4.69, 9.17) is 6.57 Å². The molecule has 2 aromatic rings. The highest BCUT2D eigenvalue weighted by atomic mass is 16.3. The Morgan fingerprint density at radius 2 is 1.68 bits per heavy atom. The van der Waals surface area contributed by atoms with E-state index in [1.165, 1.54) is 0 Å². The summed E-state index contributed by atoms with van der Waals surface area (Å²) in [6.45, 7) is 6.53. The molecule has 2 heterocycles. The Morgan fingerprint density at radius 1 is 1.05 bits per heavy atom. The van der Waals surface area contributed by atoms with Crippen LogP contribution in [0.2, 0.25) is 0 Å². The lowest BCUT2D eigenvalue weighted by Crippen LogP contribution is -2.20. The van der Waals surface area contributed by atoms with E-state index in [0.29, 0.717) is 0 Å². The Morgan fingerprint density at radius 3 is 2.27 bits per heavy atom. The Balaban J connectivity index is 2.48. The zero-order chi connectivity index (χ0) is 16.3. The first-order chi connectivity index (χ1) is 10.4. The second-order valence-corrected chi connectivity index (χ2v) is 3.62. The van der Waals surface area contributed by atoms with Gasteiger partial charge in [-0.05, 0) is 0 Å². The summed E-state index contributed by atoms with van der Waals surface area (Å²) in [6, 6.07) is 0. The molecule has 0 amide bonds. The highest BCUT2D eigenvalue weighted by molar-refractivity contribution is 5.49. The summed E-state index contributed by atoms with van der Waals surface area (Å²) in [5, 5.41) is 25.5. The fraction of sp³-hybridized carbons (Fsp3) is 0. The van der Waals surface area contributed by atoms with Gasteiger partial charge in [0.25, 0.3) is 17.1 Å². The minimum Gasteiger partial charge on any atom is -0.493 e. The lowest BCUT2D eigenvalue weighted by Gasteiger charge is -1.98. The zero-order valence-electron chi connectivity index (χ0n) is 10.4. The molecule has 0 fully saturated rings. The van der Waals surface area contributed by atoms with Gasteiger partial charge in [-0.2, -0.15) is 16.5 Å². The molecule has 0 unspecified atom stereocenters. The van der Waals surface area contributed by atoms with Crippen LogP contribution in [0.15, 0.2) is 24.6 Å². The van der Waals surface area contributed by atoms with E-state index in [0.717, 1.165) is 0 Å². The van der Waals surface area contributed by atoms with Gasteiger partial charge < -0.3 is 10.2 Å². The van der Waals surface area contributed by atoms with Gasteiger partial charge in [0.1, 0.15) is 0 Å². The van der Waals surface area contributed by atoms with Crippen molar-refractivity contribution in [2.75, 3.05) is 5.43 Å². The number of H-pyrrole nitrogens is 3. The molecule has 0 aliphatic heterocycles. The predicted molar refractivity (Wildman–Crippen MR) is 70.3 cm³/mol. The van der Waals surface area contributed by atoms with Crippen molar-refractivity contribution in [3.05, 3.63) is 42.7 Å². The van der Waals surface area contributed by atoms with Crippen molar-refractivity contribution in [1.82, 2.24) is 19.9 Å². The molecule has 22 heavy (non-hydrogen) atoms. The summed E-state index contributed by atoms with van der Waals surface area (Å²) < 4.78 is 0. The van der Waals surface area contributed by atoms with Crippen molar-refractivity contribution >= 4 is 17.3 Å². The molecule has 13 heteroatoms. The molecule has 0 atom stereocenters. The van der Waals surface area contributed by atoms with Crippen LogP contribution in [0, 0.1) is 6.57 Å². The van der Waals surface area contributed by atoms with E-state index in [9.17, 15) is 24.6 Å². The summed E-state index contributed by atoms with van der Waals surface area (Å²) >= 11 is 0. The average Bonchev–Trinajstić information content (AvgIpc) is 2.40. The van der Waals surface area contributed by atoms with Gasteiger partial charge in [0.15, 0.2) is 0 Å². The van der Waals surface area contributed by atoms with E-state index < -0.39 is 39.9 Å². The summed E-state index contributed by atoms with van der Waals surface area (Å²) in [5.74, 6) is -2.05. The zero-order valence-corrected chi connectivity index (χ0v) is 10.4. The quantitative estimate of drug-likeness (QED) is 0.243. The second kappa shape index (κ2) is 5.58. The highest BCUT2D eigenvalue weighted by Crippen LogP contribution is 2.23. The molecule has 0 aliphatic carbocycles. The van der Waals surface area contributed by atoms with Gasteiger partial charge in [-0.25, -0.2) is 4.79 Å². The first-order valence-corrected chi connectivity index (χ1v) is 5.35. The number of nitrogens with zero attached hydrogens (tertiary/aromatic N) is 4. The van der Waals surface area contributed by atoms with Crippen molar-refractivity contribution < 1.29 is 10.2 Å². The van der Waals surface area contributed by atoms with Crippen molar-refractivity contribution in [3.8, 4) is 11.8 Å². The lowest BCUT2D eigenvalue weighted by atomic mass is 10.5. The van der Waals surface area contributed by atoms with Crippen LogP contribution in [-0.4, -0.2) is 30.1 Å². The lowest BCUT2D eigenvalue weighted by molar-refractivity contribution is 0.448. The number of azo groups is 1. The van der Waals surface area contributed by atoms with E-state index in [1.54, 1.807) is 4.98 Å². The van der Waals surface area contributed by atoms with Crippen LogP contribution >= 0.6 is 0 Å². The third-order valence-corrected chi connectivity index (χ3v) is 2.19. The molecule has 13 nitrogen and oxygen atoms in total. The molecule has 0 aliphatic rings. The fourth-order valence-electron chi connectivity index (χ4n) is 1.31. The molecule has 0 spiro atoms. The predicted octanol–water partition coefficient (Wildman–Crippen LogP) is -0.781. The smallest absolute Gasteiger partial charge is 0.328 e. The Kier molecular flexibility index (Phi) is 3.67.